The molecule has 9 heteroatoms. The molecular weight excluding hydrogens is 401 g/mol. The second-order valence-electron chi connectivity index (χ2n) is 3.38. The van der Waals surface area contributed by atoms with Gasteiger partial charge in [-0.1, -0.05) is 0 Å². The molecule has 6 nitrogen and oxygen atoms in total. The Hall–Kier alpha value is -1.12. The van der Waals surface area contributed by atoms with Crippen molar-refractivity contribution in [2.24, 2.45) is 0 Å². The molecule has 0 spiro atoms. The quantitative estimate of drug-likeness (QED) is 0.808. The Labute approximate surface area is 131 Å². The van der Waals surface area contributed by atoms with Gasteiger partial charge in [-0.2, -0.15) is 15.0 Å². The standard InChI is InChI=1S/C10H8Br2ClN5O/c1-19-7-3-6(4(11)2-5(7)12)15-10-17-8(13)16-9(14)18-10/h2-3H,1H3,(H3,14,15,16,17,18). The summed E-state index contributed by atoms with van der Waals surface area (Å²) in [7, 11) is 1.58. The molecule has 100 valence electrons. The van der Waals surface area contributed by atoms with Crippen molar-refractivity contribution in [3.05, 3.63) is 26.4 Å². The van der Waals surface area contributed by atoms with Crippen molar-refractivity contribution >= 4 is 61.0 Å². The number of halogens is 3. The second kappa shape index (κ2) is 5.89. The average molecular weight is 409 g/mol. The Bertz CT molecular complexity index is 605. The second-order valence-corrected chi connectivity index (χ2v) is 5.42. The molecule has 0 radical (unpaired) electrons. The summed E-state index contributed by atoms with van der Waals surface area (Å²) in [6.07, 6.45) is 0. The van der Waals surface area contributed by atoms with Crippen LogP contribution in [0.25, 0.3) is 0 Å². The van der Waals surface area contributed by atoms with Crippen LogP contribution in [-0.4, -0.2) is 22.1 Å². The molecule has 19 heavy (non-hydrogen) atoms. The van der Waals surface area contributed by atoms with E-state index in [1.54, 1.807) is 13.2 Å². The van der Waals surface area contributed by atoms with E-state index >= 15 is 0 Å². The predicted octanol–water partition coefficient (Wildman–Crippen LogP) is 3.38. The van der Waals surface area contributed by atoms with E-state index in [0.29, 0.717) is 11.4 Å². The van der Waals surface area contributed by atoms with Gasteiger partial charge in [0.05, 0.1) is 17.3 Å². The van der Waals surface area contributed by atoms with Gasteiger partial charge in [0.25, 0.3) is 0 Å². The van der Waals surface area contributed by atoms with E-state index in [1.807, 2.05) is 6.07 Å². The van der Waals surface area contributed by atoms with Crippen molar-refractivity contribution in [3.63, 3.8) is 0 Å². The lowest BCUT2D eigenvalue weighted by Crippen LogP contribution is -2.03. The number of hydrogen-bond donors (Lipinski definition) is 2. The van der Waals surface area contributed by atoms with Crippen LogP contribution < -0.4 is 15.8 Å². The van der Waals surface area contributed by atoms with Crippen LogP contribution in [0.4, 0.5) is 17.6 Å². The molecule has 0 atom stereocenters. The van der Waals surface area contributed by atoms with Crippen LogP contribution >= 0.6 is 43.5 Å². The summed E-state index contributed by atoms with van der Waals surface area (Å²) in [5.41, 5.74) is 6.21. The van der Waals surface area contributed by atoms with Gasteiger partial charge in [-0.15, -0.1) is 0 Å². The molecule has 0 fully saturated rings. The van der Waals surface area contributed by atoms with Gasteiger partial charge in [0.15, 0.2) is 0 Å². The van der Waals surface area contributed by atoms with Gasteiger partial charge in [-0.3, -0.25) is 0 Å². The highest BCUT2D eigenvalue weighted by Gasteiger charge is 2.09. The van der Waals surface area contributed by atoms with Gasteiger partial charge in [0.2, 0.25) is 17.2 Å². The van der Waals surface area contributed by atoms with Crippen molar-refractivity contribution < 1.29 is 4.74 Å². The molecule has 0 saturated heterocycles. The van der Waals surface area contributed by atoms with E-state index in [9.17, 15) is 0 Å². The van der Waals surface area contributed by atoms with Crippen molar-refractivity contribution in [2.45, 2.75) is 0 Å². The SMILES string of the molecule is COc1cc(Nc2nc(N)nc(Cl)n2)c(Br)cc1Br. The number of hydrogen-bond acceptors (Lipinski definition) is 6. The minimum Gasteiger partial charge on any atom is -0.495 e. The molecule has 3 N–H and O–H groups in total. The molecule has 2 rings (SSSR count). The highest BCUT2D eigenvalue weighted by molar-refractivity contribution is 9.11. The summed E-state index contributed by atoms with van der Waals surface area (Å²) in [6, 6.07) is 3.62. The third-order valence-corrected chi connectivity index (χ3v) is 3.56. The lowest BCUT2D eigenvalue weighted by Gasteiger charge is -2.11. The van der Waals surface area contributed by atoms with Crippen LogP contribution in [0.15, 0.2) is 21.1 Å². The summed E-state index contributed by atoms with van der Waals surface area (Å²) < 4.78 is 6.84. The Morgan fingerprint density at radius 3 is 2.58 bits per heavy atom. The molecule has 1 heterocycles. The first-order valence-electron chi connectivity index (χ1n) is 4.96. The first-order valence-corrected chi connectivity index (χ1v) is 6.93. The van der Waals surface area contributed by atoms with Crippen LogP contribution in [0.2, 0.25) is 5.28 Å². The molecule has 0 amide bonds. The van der Waals surface area contributed by atoms with E-state index in [-0.39, 0.29) is 17.2 Å². The van der Waals surface area contributed by atoms with Gasteiger partial charge in [-0.05, 0) is 49.5 Å². The van der Waals surface area contributed by atoms with Crippen molar-refractivity contribution in [3.8, 4) is 5.75 Å². The largest absolute Gasteiger partial charge is 0.495 e. The molecular formula is C10H8Br2ClN5O. The zero-order valence-corrected chi connectivity index (χ0v) is 13.5. The minimum absolute atomic E-state index is 0.0233. The average Bonchev–Trinajstić information content (AvgIpc) is 2.31. The molecule has 1 aromatic heterocycles. The number of nitrogens with two attached hydrogens (primary N) is 1. The normalized spacial score (nSPS) is 10.3. The number of rotatable bonds is 3. The fourth-order valence-electron chi connectivity index (χ4n) is 1.32. The van der Waals surface area contributed by atoms with Gasteiger partial charge < -0.3 is 15.8 Å². The summed E-state index contributed by atoms with van der Waals surface area (Å²) in [5, 5.41) is 3.00. The van der Waals surface area contributed by atoms with Gasteiger partial charge in [-0.25, -0.2) is 0 Å². The zero-order valence-electron chi connectivity index (χ0n) is 9.62. The fraction of sp³-hybridized carbons (Fsp3) is 0.100. The number of nitrogens with one attached hydrogen (secondary N) is 1. The topological polar surface area (TPSA) is 86.0 Å². The number of aromatic nitrogens is 3. The fourth-order valence-corrected chi connectivity index (χ4v) is 2.74. The number of nitrogen functional groups attached to an aromatic ring is 1. The monoisotopic (exact) mass is 407 g/mol. The molecule has 0 unspecified atom stereocenters. The van der Waals surface area contributed by atoms with Crippen LogP contribution in [0, 0.1) is 0 Å². The molecule has 0 aliphatic heterocycles. The Balaban J connectivity index is 2.37. The van der Waals surface area contributed by atoms with Crippen LogP contribution in [0.1, 0.15) is 0 Å². The first kappa shape index (κ1) is 14.3. The Morgan fingerprint density at radius 2 is 1.95 bits per heavy atom. The Kier molecular flexibility index (Phi) is 4.43. The van der Waals surface area contributed by atoms with E-state index < -0.39 is 0 Å². The maximum absolute atomic E-state index is 5.71. The van der Waals surface area contributed by atoms with E-state index in [2.05, 4.69) is 52.1 Å². The highest BCUT2D eigenvalue weighted by Crippen LogP contribution is 2.35. The molecule has 0 aliphatic rings. The third kappa shape index (κ3) is 3.46. The van der Waals surface area contributed by atoms with E-state index in [1.165, 1.54) is 0 Å². The van der Waals surface area contributed by atoms with Crippen molar-refractivity contribution in [1.29, 1.82) is 0 Å². The van der Waals surface area contributed by atoms with E-state index in [0.717, 1.165) is 8.95 Å². The number of ether oxygens (including phenoxy) is 1. The highest BCUT2D eigenvalue weighted by atomic mass is 79.9. The van der Waals surface area contributed by atoms with Crippen LogP contribution in [-0.2, 0) is 0 Å². The molecule has 0 bridgehead atoms. The third-order valence-electron chi connectivity index (χ3n) is 2.11. The predicted molar refractivity (Wildman–Crippen MR) is 80.9 cm³/mol. The van der Waals surface area contributed by atoms with Crippen LogP contribution in [0.5, 0.6) is 5.75 Å². The molecule has 0 saturated carbocycles. The zero-order chi connectivity index (χ0) is 14.0. The lowest BCUT2D eigenvalue weighted by molar-refractivity contribution is 0.412. The van der Waals surface area contributed by atoms with Gasteiger partial charge in [0.1, 0.15) is 5.75 Å². The summed E-state index contributed by atoms with van der Waals surface area (Å²) >= 11 is 12.5. The first-order chi connectivity index (χ1) is 8.99. The maximum Gasteiger partial charge on any atom is 0.233 e. The summed E-state index contributed by atoms with van der Waals surface area (Å²) in [5.74, 6) is 0.962. The Morgan fingerprint density at radius 1 is 1.21 bits per heavy atom. The lowest BCUT2D eigenvalue weighted by atomic mass is 10.3. The molecule has 0 aliphatic carbocycles. The number of benzene rings is 1. The van der Waals surface area contributed by atoms with Crippen molar-refractivity contribution in [2.75, 3.05) is 18.2 Å². The maximum atomic E-state index is 5.71. The van der Waals surface area contributed by atoms with Gasteiger partial charge in [0, 0.05) is 10.5 Å². The van der Waals surface area contributed by atoms with E-state index in [4.69, 9.17) is 22.1 Å². The molecule has 2 aromatic rings. The number of methoxy groups -OCH3 is 1. The summed E-state index contributed by atoms with van der Waals surface area (Å²) in [4.78, 5) is 11.5. The van der Waals surface area contributed by atoms with Crippen molar-refractivity contribution in [1.82, 2.24) is 15.0 Å². The smallest absolute Gasteiger partial charge is 0.233 e. The number of anilines is 3. The van der Waals surface area contributed by atoms with Crippen LogP contribution in [0.3, 0.4) is 0 Å². The minimum atomic E-state index is 0.0233. The number of nitrogens with zero attached hydrogens (tertiary/aromatic N) is 3. The van der Waals surface area contributed by atoms with Gasteiger partial charge >= 0.3 is 0 Å². The summed E-state index contributed by atoms with van der Waals surface area (Å²) in [6.45, 7) is 0. The molecule has 1 aromatic carbocycles.